The molecular formula is C25H18N4O4. The van der Waals surface area contributed by atoms with E-state index in [1.54, 1.807) is 24.3 Å². The maximum absolute atomic E-state index is 12.8. The molecule has 162 valence electrons. The van der Waals surface area contributed by atoms with E-state index in [1.165, 1.54) is 18.2 Å². The fraction of sp³-hybridized carbons (Fsp3) is 0.0400. The van der Waals surface area contributed by atoms with Crippen molar-refractivity contribution in [1.29, 1.82) is 5.26 Å². The Morgan fingerprint density at radius 2 is 1.70 bits per heavy atom. The Morgan fingerprint density at radius 1 is 0.909 bits per heavy atom. The number of para-hydroxylation sites is 1. The molecule has 0 atom stereocenters. The highest BCUT2D eigenvalue weighted by molar-refractivity contribution is 6.10. The molecule has 8 heteroatoms. The van der Waals surface area contributed by atoms with Crippen LogP contribution in [0.1, 0.15) is 32.0 Å². The maximum Gasteiger partial charge on any atom is 0.337 e. The summed E-state index contributed by atoms with van der Waals surface area (Å²) in [5.74, 6) is -2.01. The largest absolute Gasteiger partial charge is 0.478 e. The second-order valence-corrected chi connectivity index (χ2v) is 7.29. The lowest BCUT2D eigenvalue weighted by Crippen LogP contribution is -2.16. The third kappa shape index (κ3) is 4.73. The zero-order valence-electron chi connectivity index (χ0n) is 17.3. The van der Waals surface area contributed by atoms with Gasteiger partial charge in [-0.05, 0) is 35.9 Å². The van der Waals surface area contributed by atoms with Crippen molar-refractivity contribution < 1.29 is 19.5 Å². The average Bonchev–Trinajstić information content (AvgIpc) is 3.25. The van der Waals surface area contributed by atoms with Crippen molar-refractivity contribution in [2.24, 2.45) is 0 Å². The molecule has 1 aromatic heterocycles. The third-order valence-corrected chi connectivity index (χ3v) is 5.01. The van der Waals surface area contributed by atoms with E-state index in [0.717, 1.165) is 5.56 Å². The van der Waals surface area contributed by atoms with Crippen molar-refractivity contribution in [3.05, 3.63) is 95.2 Å². The molecule has 0 bridgehead atoms. The van der Waals surface area contributed by atoms with Gasteiger partial charge in [-0.2, -0.15) is 5.26 Å². The number of fused-ring (bicyclic) bond motifs is 1. The molecule has 4 N–H and O–H groups in total. The van der Waals surface area contributed by atoms with E-state index in [2.05, 4.69) is 15.6 Å². The Kier molecular flexibility index (Phi) is 5.87. The van der Waals surface area contributed by atoms with Crippen LogP contribution in [-0.2, 0) is 11.2 Å². The highest BCUT2D eigenvalue weighted by Gasteiger charge is 2.17. The standard InChI is InChI=1S/C25H18N4O4/c26-14-16-9-10-19(18(11-16)25(32)33)29-24(31)21-13-17-7-4-8-20(23(17)28-21)27-22(30)12-15-5-2-1-3-6-15/h1-11,13,28H,12H2,(H,27,30)(H,29,31)(H,32,33). The smallest absolute Gasteiger partial charge is 0.337 e. The number of carbonyl (C=O) groups excluding carboxylic acids is 2. The normalized spacial score (nSPS) is 10.4. The fourth-order valence-electron chi connectivity index (χ4n) is 3.45. The maximum atomic E-state index is 12.8. The summed E-state index contributed by atoms with van der Waals surface area (Å²) in [4.78, 5) is 39.8. The molecule has 8 nitrogen and oxygen atoms in total. The van der Waals surface area contributed by atoms with Crippen molar-refractivity contribution in [3.8, 4) is 6.07 Å². The first-order valence-electron chi connectivity index (χ1n) is 9.99. The molecule has 0 fully saturated rings. The quantitative estimate of drug-likeness (QED) is 0.358. The topological polar surface area (TPSA) is 135 Å². The molecule has 0 aliphatic carbocycles. The van der Waals surface area contributed by atoms with Crippen molar-refractivity contribution in [2.75, 3.05) is 10.6 Å². The molecule has 0 saturated carbocycles. The van der Waals surface area contributed by atoms with Gasteiger partial charge < -0.3 is 20.7 Å². The third-order valence-electron chi connectivity index (χ3n) is 5.01. The van der Waals surface area contributed by atoms with E-state index in [9.17, 15) is 19.5 Å². The molecular weight excluding hydrogens is 420 g/mol. The van der Waals surface area contributed by atoms with Gasteiger partial charge in [-0.3, -0.25) is 9.59 Å². The van der Waals surface area contributed by atoms with Gasteiger partial charge in [0.05, 0.1) is 40.5 Å². The number of rotatable bonds is 6. The molecule has 4 rings (SSSR count). The summed E-state index contributed by atoms with van der Waals surface area (Å²) < 4.78 is 0. The monoisotopic (exact) mass is 438 g/mol. The van der Waals surface area contributed by atoms with Crippen LogP contribution in [0.15, 0.2) is 72.8 Å². The minimum absolute atomic E-state index is 0.0709. The first-order chi connectivity index (χ1) is 15.9. The first kappa shape index (κ1) is 21.3. The summed E-state index contributed by atoms with van der Waals surface area (Å²) >= 11 is 0. The number of nitrogens with zero attached hydrogens (tertiary/aromatic N) is 1. The first-order valence-corrected chi connectivity index (χ1v) is 9.99. The molecule has 0 radical (unpaired) electrons. The molecule has 0 aliphatic rings. The van der Waals surface area contributed by atoms with Crippen molar-refractivity contribution >= 4 is 40.1 Å². The van der Waals surface area contributed by atoms with Gasteiger partial charge in [0.15, 0.2) is 0 Å². The van der Waals surface area contributed by atoms with Gasteiger partial charge in [0.2, 0.25) is 5.91 Å². The van der Waals surface area contributed by atoms with Gasteiger partial charge in [0.1, 0.15) is 5.69 Å². The lowest BCUT2D eigenvalue weighted by Gasteiger charge is -2.08. The summed E-state index contributed by atoms with van der Waals surface area (Å²) in [5.41, 5.74) is 2.22. The van der Waals surface area contributed by atoms with Crippen molar-refractivity contribution in [3.63, 3.8) is 0 Å². The van der Waals surface area contributed by atoms with Crippen LogP contribution in [0.3, 0.4) is 0 Å². The van der Waals surface area contributed by atoms with Crippen LogP contribution in [0.5, 0.6) is 0 Å². The van der Waals surface area contributed by atoms with Crippen LogP contribution in [0, 0.1) is 11.3 Å². The molecule has 2 amide bonds. The lowest BCUT2D eigenvalue weighted by molar-refractivity contribution is -0.115. The number of aromatic amines is 1. The van der Waals surface area contributed by atoms with Gasteiger partial charge in [-0.1, -0.05) is 42.5 Å². The molecule has 4 aromatic rings. The number of hydrogen-bond acceptors (Lipinski definition) is 4. The lowest BCUT2D eigenvalue weighted by atomic mass is 10.1. The molecule has 0 aliphatic heterocycles. The minimum atomic E-state index is -1.26. The SMILES string of the molecule is N#Cc1ccc(NC(=O)c2cc3cccc(NC(=O)Cc4ccccc4)c3[nH]2)c(C(=O)O)c1. The minimum Gasteiger partial charge on any atom is -0.478 e. The molecule has 3 aromatic carbocycles. The summed E-state index contributed by atoms with van der Waals surface area (Å²) in [6, 6.07) is 22.1. The second kappa shape index (κ2) is 9.08. The number of H-pyrrole nitrogens is 1. The number of amides is 2. The number of carbonyl (C=O) groups is 3. The van der Waals surface area contributed by atoms with E-state index in [-0.39, 0.29) is 34.8 Å². The Hall–Kier alpha value is -4.90. The Morgan fingerprint density at radius 3 is 2.42 bits per heavy atom. The summed E-state index contributed by atoms with van der Waals surface area (Å²) in [6.07, 6.45) is 0.210. The van der Waals surface area contributed by atoms with E-state index in [4.69, 9.17) is 5.26 Å². The van der Waals surface area contributed by atoms with E-state index >= 15 is 0 Å². The van der Waals surface area contributed by atoms with Gasteiger partial charge in [-0.15, -0.1) is 0 Å². The summed E-state index contributed by atoms with van der Waals surface area (Å²) in [5, 5.41) is 24.5. The summed E-state index contributed by atoms with van der Waals surface area (Å²) in [7, 11) is 0. The van der Waals surface area contributed by atoms with Crippen LogP contribution >= 0.6 is 0 Å². The highest BCUT2D eigenvalue weighted by Crippen LogP contribution is 2.25. The number of carboxylic acids is 1. The number of anilines is 2. The van der Waals surface area contributed by atoms with Crippen molar-refractivity contribution in [1.82, 2.24) is 4.98 Å². The predicted octanol–water partition coefficient (Wildman–Crippen LogP) is 4.17. The number of aromatic nitrogens is 1. The predicted molar refractivity (Wildman–Crippen MR) is 123 cm³/mol. The number of nitrogens with one attached hydrogen (secondary N) is 3. The average molecular weight is 438 g/mol. The number of nitriles is 1. The zero-order valence-corrected chi connectivity index (χ0v) is 17.3. The van der Waals surface area contributed by atoms with Crippen LogP contribution in [-0.4, -0.2) is 27.9 Å². The van der Waals surface area contributed by atoms with Crippen LogP contribution in [0.25, 0.3) is 10.9 Å². The van der Waals surface area contributed by atoms with E-state index in [0.29, 0.717) is 16.6 Å². The van der Waals surface area contributed by atoms with Gasteiger partial charge >= 0.3 is 5.97 Å². The number of hydrogen-bond donors (Lipinski definition) is 4. The molecule has 0 saturated heterocycles. The van der Waals surface area contributed by atoms with E-state index in [1.807, 2.05) is 36.4 Å². The van der Waals surface area contributed by atoms with Crippen LogP contribution in [0.2, 0.25) is 0 Å². The fourth-order valence-corrected chi connectivity index (χ4v) is 3.45. The number of aromatic carboxylic acids is 1. The summed E-state index contributed by atoms with van der Waals surface area (Å²) in [6.45, 7) is 0. The second-order valence-electron chi connectivity index (χ2n) is 7.29. The van der Waals surface area contributed by atoms with Gasteiger partial charge in [-0.25, -0.2) is 4.79 Å². The molecule has 33 heavy (non-hydrogen) atoms. The molecule has 1 heterocycles. The van der Waals surface area contributed by atoms with Crippen LogP contribution < -0.4 is 10.6 Å². The van der Waals surface area contributed by atoms with Crippen LogP contribution in [0.4, 0.5) is 11.4 Å². The Labute approximate surface area is 188 Å². The Bertz CT molecular complexity index is 1420. The number of benzene rings is 3. The molecule has 0 spiro atoms. The van der Waals surface area contributed by atoms with Crippen molar-refractivity contribution in [2.45, 2.75) is 6.42 Å². The molecule has 0 unspecified atom stereocenters. The highest BCUT2D eigenvalue weighted by atomic mass is 16.4. The Balaban J connectivity index is 1.56. The number of carboxylic acid groups (broad SMARTS) is 1. The van der Waals surface area contributed by atoms with Gasteiger partial charge in [0, 0.05) is 5.39 Å². The van der Waals surface area contributed by atoms with E-state index < -0.39 is 11.9 Å². The van der Waals surface area contributed by atoms with Gasteiger partial charge in [0.25, 0.3) is 5.91 Å². The zero-order chi connectivity index (χ0) is 23.4.